The maximum Gasteiger partial charge on any atom is 0.156 e. The standard InChI is InChI=1S/C12H20N4O/c1-8-9(2)14-15-12(11(8)6-13)16-5-3-4-10(16)7-17/h10,17H,3-7,13H2,1-2H3. The van der Waals surface area contributed by atoms with E-state index in [1.165, 1.54) is 0 Å². The first-order valence-corrected chi connectivity index (χ1v) is 6.09. The zero-order chi connectivity index (χ0) is 12.4. The van der Waals surface area contributed by atoms with Crippen molar-refractivity contribution in [2.75, 3.05) is 18.1 Å². The zero-order valence-electron chi connectivity index (χ0n) is 10.5. The number of hydrogen-bond donors (Lipinski definition) is 2. The number of nitrogens with zero attached hydrogens (tertiary/aromatic N) is 3. The van der Waals surface area contributed by atoms with Crippen LogP contribution in [0, 0.1) is 13.8 Å². The van der Waals surface area contributed by atoms with Gasteiger partial charge >= 0.3 is 0 Å². The number of aryl methyl sites for hydroxylation is 1. The summed E-state index contributed by atoms with van der Waals surface area (Å²) in [4.78, 5) is 2.14. The molecule has 1 atom stereocenters. The average molecular weight is 236 g/mol. The van der Waals surface area contributed by atoms with Gasteiger partial charge in [0.25, 0.3) is 0 Å². The van der Waals surface area contributed by atoms with Crippen LogP contribution in [0.25, 0.3) is 0 Å². The highest BCUT2D eigenvalue weighted by Gasteiger charge is 2.27. The van der Waals surface area contributed by atoms with E-state index >= 15 is 0 Å². The molecule has 1 fully saturated rings. The van der Waals surface area contributed by atoms with Gasteiger partial charge in [0.15, 0.2) is 5.82 Å². The van der Waals surface area contributed by atoms with Crippen LogP contribution in [0.4, 0.5) is 5.82 Å². The van der Waals surface area contributed by atoms with Gasteiger partial charge in [0.1, 0.15) is 0 Å². The Morgan fingerprint density at radius 1 is 1.41 bits per heavy atom. The molecule has 1 saturated heterocycles. The normalized spacial score (nSPS) is 20.0. The van der Waals surface area contributed by atoms with Gasteiger partial charge < -0.3 is 15.7 Å². The molecular formula is C12H20N4O. The third kappa shape index (κ3) is 2.12. The molecule has 0 aliphatic carbocycles. The van der Waals surface area contributed by atoms with Gasteiger partial charge in [0.05, 0.1) is 18.3 Å². The molecule has 2 heterocycles. The largest absolute Gasteiger partial charge is 0.394 e. The van der Waals surface area contributed by atoms with Gasteiger partial charge in [-0.3, -0.25) is 0 Å². The van der Waals surface area contributed by atoms with Gasteiger partial charge in [-0.1, -0.05) is 0 Å². The lowest BCUT2D eigenvalue weighted by atomic mass is 10.1. The predicted molar refractivity (Wildman–Crippen MR) is 66.9 cm³/mol. The van der Waals surface area contributed by atoms with E-state index in [1.54, 1.807) is 0 Å². The number of aliphatic hydroxyl groups excluding tert-OH is 1. The van der Waals surface area contributed by atoms with Gasteiger partial charge in [0, 0.05) is 18.7 Å². The SMILES string of the molecule is Cc1nnc(N2CCCC2CO)c(CN)c1C. The summed E-state index contributed by atoms with van der Waals surface area (Å²) in [6.07, 6.45) is 2.10. The van der Waals surface area contributed by atoms with Crippen LogP contribution in [0.3, 0.4) is 0 Å². The lowest BCUT2D eigenvalue weighted by molar-refractivity contribution is 0.266. The molecule has 94 valence electrons. The molecule has 5 nitrogen and oxygen atoms in total. The number of aliphatic hydroxyl groups is 1. The third-order valence-corrected chi connectivity index (χ3v) is 3.62. The molecule has 0 radical (unpaired) electrons. The summed E-state index contributed by atoms with van der Waals surface area (Å²) >= 11 is 0. The smallest absolute Gasteiger partial charge is 0.156 e. The van der Waals surface area contributed by atoms with Gasteiger partial charge in [-0.2, -0.15) is 5.10 Å². The van der Waals surface area contributed by atoms with Crippen LogP contribution in [-0.4, -0.2) is 34.5 Å². The Kier molecular flexibility index (Phi) is 3.59. The van der Waals surface area contributed by atoms with E-state index in [2.05, 4.69) is 15.1 Å². The molecule has 17 heavy (non-hydrogen) atoms. The molecule has 0 aromatic carbocycles. The van der Waals surface area contributed by atoms with E-state index < -0.39 is 0 Å². The fraction of sp³-hybridized carbons (Fsp3) is 0.667. The van der Waals surface area contributed by atoms with Crippen molar-refractivity contribution in [3.05, 3.63) is 16.8 Å². The second-order valence-electron chi connectivity index (χ2n) is 4.59. The Morgan fingerprint density at radius 3 is 2.82 bits per heavy atom. The highest BCUT2D eigenvalue weighted by molar-refractivity contribution is 5.52. The Labute approximate surface area is 102 Å². The van der Waals surface area contributed by atoms with E-state index in [4.69, 9.17) is 5.73 Å². The Balaban J connectivity index is 2.41. The molecule has 1 aliphatic rings. The minimum Gasteiger partial charge on any atom is -0.394 e. The minimum atomic E-state index is 0.164. The second kappa shape index (κ2) is 4.98. The molecule has 0 spiro atoms. The predicted octanol–water partition coefficient (Wildman–Crippen LogP) is 0.513. The van der Waals surface area contributed by atoms with Crippen molar-refractivity contribution in [2.24, 2.45) is 5.73 Å². The fourth-order valence-electron chi connectivity index (χ4n) is 2.42. The zero-order valence-corrected chi connectivity index (χ0v) is 10.5. The van der Waals surface area contributed by atoms with Gasteiger partial charge in [-0.25, -0.2) is 0 Å². The molecule has 0 bridgehead atoms. The summed E-state index contributed by atoms with van der Waals surface area (Å²) in [5, 5.41) is 17.8. The maximum atomic E-state index is 9.36. The van der Waals surface area contributed by atoms with E-state index in [-0.39, 0.29) is 12.6 Å². The van der Waals surface area contributed by atoms with Crippen molar-refractivity contribution in [1.82, 2.24) is 10.2 Å². The summed E-state index contributed by atoms with van der Waals surface area (Å²) in [6, 6.07) is 0.164. The Hall–Kier alpha value is -1.20. The average Bonchev–Trinajstić information content (AvgIpc) is 2.80. The lowest BCUT2D eigenvalue weighted by Gasteiger charge is -2.26. The Morgan fingerprint density at radius 2 is 2.18 bits per heavy atom. The number of rotatable bonds is 3. The first-order valence-electron chi connectivity index (χ1n) is 6.09. The highest BCUT2D eigenvalue weighted by atomic mass is 16.3. The molecule has 2 rings (SSSR count). The molecule has 5 heteroatoms. The third-order valence-electron chi connectivity index (χ3n) is 3.62. The summed E-state index contributed by atoms with van der Waals surface area (Å²) in [7, 11) is 0. The molecule has 1 aliphatic heterocycles. The number of anilines is 1. The first-order chi connectivity index (χ1) is 8.19. The summed E-state index contributed by atoms with van der Waals surface area (Å²) in [6.45, 7) is 5.53. The number of nitrogens with two attached hydrogens (primary N) is 1. The summed E-state index contributed by atoms with van der Waals surface area (Å²) in [5.41, 5.74) is 8.91. The molecule has 1 unspecified atom stereocenters. The van der Waals surface area contributed by atoms with Crippen molar-refractivity contribution < 1.29 is 5.11 Å². The molecule has 0 saturated carbocycles. The monoisotopic (exact) mass is 236 g/mol. The Bertz CT molecular complexity index is 408. The summed E-state index contributed by atoms with van der Waals surface area (Å²) < 4.78 is 0. The first kappa shape index (κ1) is 12.3. The molecule has 3 N–H and O–H groups in total. The van der Waals surface area contributed by atoms with Crippen LogP contribution in [-0.2, 0) is 6.54 Å². The topological polar surface area (TPSA) is 75.3 Å². The van der Waals surface area contributed by atoms with E-state index in [1.807, 2.05) is 13.8 Å². The van der Waals surface area contributed by atoms with E-state index in [0.29, 0.717) is 6.54 Å². The van der Waals surface area contributed by atoms with Crippen LogP contribution >= 0.6 is 0 Å². The fourth-order valence-corrected chi connectivity index (χ4v) is 2.42. The molecule has 1 aromatic heterocycles. The highest BCUT2D eigenvalue weighted by Crippen LogP contribution is 2.28. The van der Waals surface area contributed by atoms with Gasteiger partial charge in [-0.05, 0) is 32.3 Å². The van der Waals surface area contributed by atoms with E-state index in [9.17, 15) is 5.11 Å². The quantitative estimate of drug-likeness (QED) is 0.800. The molecular weight excluding hydrogens is 216 g/mol. The van der Waals surface area contributed by atoms with Crippen LogP contribution < -0.4 is 10.6 Å². The second-order valence-corrected chi connectivity index (χ2v) is 4.59. The van der Waals surface area contributed by atoms with Gasteiger partial charge in [0.2, 0.25) is 0 Å². The van der Waals surface area contributed by atoms with Crippen LogP contribution in [0.15, 0.2) is 0 Å². The molecule has 0 amide bonds. The van der Waals surface area contributed by atoms with E-state index in [0.717, 1.165) is 42.0 Å². The van der Waals surface area contributed by atoms with Crippen LogP contribution in [0.2, 0.25) is 0 Å². The molecule has 1 aromatic rings. The van der Waals surface area contributed by atoms with Crippen molar-refractivity contribution in [3.63, 3.8) is 0 Å². The minimum absolute atomic E-state index is 0.164. The van der Waals surface area contributed by atoms with Crippen LogP contribution in [0.1, 0.15) is 29.7 Å². The van der Waals surface area contributed by atoms with Crippen LogP contribution in [0.5, 0.6) is 0 Å². The van der Waals surface area contributed by atoms with Crippen molar-refractivity contribution in [2.45, 2.75) is 39.3 Å². The van der Waals surface area contributed by atoms with Gasteiger partial charge in [-0.15, -0.1) is 5.10 Å². The maximum absolute atomic E-state index is 9.36. The number of hydrogen-bond acceptors (Lipinski definition) is 5. The van der Waals surface area contributed by atoms with Crippen molar-refractivity contribution in [3.8, 4) is 0 Å². The number of aromatic nitrogens is 2. The summed E-state index contributed by atoms with van der Waals surface area (Å²) in [5.74, 6) is 0.854. The van der Waals surface area contributed by atoms with Crippen molar-refractivity contribution in [1.29, 1.82) is 0 Å². The van der Waals surface area contributed by atoms with Crippen molar-refractivity contribution >= 4 is 5.82 Å². The lowest BCUT2D eigenvalue weighted by Crippen LogP contribution is -2.34.